The molecule has 182 valence electrons. The Balaban J connectivity index is 5.14. The summed E-state index contributed by atoms with van der Waals surface area (Å²) in [6.07, 6.45) is 6.47. The summed E-state index contributed by atoms with van der Waals surface area (Å²) in [4.78, 5) is 12.0. The molecule has 0 unspecified atom stereocenters. The second-order valence-corrected chi connectivity index (χ2v) is 14.9. The van der Waals surface area contributed by atoms with Gasteiger partial charge in [0, 0.05) is 26.7 Å². The second-order valence-electron chi connectivity index (χ2n) is 10.0. The number of terminal acetylenes is 1. The Morgan fingerprint density at radius 3 is 2.00 bits per heavy atom. The SMILES string of the molecule is C#CC(=O)[C@H](C)[C@H](CC[C@H](C)[C@H](OCOC)[C@@H](C)CO[Si](C)(C)C(C)(C)C)OCOC. The van der Waals surface area contributed by atoms with E-state index in [1.54, 1.807) is 14.2 Å². The highest BCUT2D eigenvalue weighted by Crippen LogP contribution is 2.37. The van der Waals surface area contributed by atoms with Crippen molar-refractivity contribution in [1.29, 1.82) is 0 Å². The minimum atomic E-state index is -1.84. The normalized spacial score (nSPS) is 17.5. The third-order valence-corrected chi connectivity index (χ3v) is 10.9. The smallest absolute Gasteiger partial charge is 0.210 e. The molecule has 0 bridgehead atoms. The number of Topliss-reactive ketones (excluding diaryl/α,β-unsaturated/α-hetero) is 1. The molecule has 0 rings (SSSR count). The Labute approximate surface area is 191 Å². The first-order valence-corrected chi connectivity index (χ1v) is 14.1. The average molecular weight is 459 g/mol. The van der Waals surface area contributed by atoms with Crippen LogP contribution in [0.1, 0.15) is 54.4 Å². The number of carbonyl (C=O) groups excluding carboxylic acids is 1. The highest BCUT2D eigenvalue weighted by atomic mass is 28.4. The molecule has 0 aromatic carbocycles. The van der Waals surface area contributed by atoms with Gasteiger partial charge in [-0.05, 0) is 42.8 Å². The molecule has 0 radical (unpaired) electrons. The standard InChI is InChI=1S/C24H46O6Si/c1-12-21(25)20(4)22(28-16-26-8)14-13-18(2)23(29-17-27-9)19(3)15-30-31(10,11)24(5,6)7/h1,18-20,22-23H,13-17H2,2-11H3/t18-,19-,20-,22-,23-/m0/s1. The summed E-state index contributed by atoms with van der Waals surface area (Å²) in [5, 5.41) is 0.160. The maximum Gasteiger partial charge on any atom is 0.210 e. The number of methoxy groups -OCH3 is 2. The molecular formula is C24H46O6Si. The molecule has 0 aromatic rings. The number of hydrogen-bond donors (Lipinski definition) is 0. The van der Waals surface area contributed by atoms with E-state index < -0.39 is 8.32 Å². The topological polar surface area (TPSA) is 63.2 Å². The molecule has 7 heteroatoms. The maximum absolute atomic E-state index is 12.0. The lowest BCUT2D eigenvalue weighted by Crippen LogP contribution is -2.43. The first kappa shape index (κ1) is 30.2. The van der Waals surface area contributed by atoms with Crippen molar-refractivity contribution in [2.75, 3.05) is 34.4 Å². The molecule has 0 saturated heterocycles. The van der Waals surface area contributed by atoms with Crippen molar-refractivity contribution in [3.8, 4) is 12.3 Å². The van der Waals surface area contributed by atoms with E-state index in [2.05, 4.69) is 53.6 Å². The summed E-state index contributed by atoms with van der Waals surface area (Å²) in [5.41, 5.74) is 0. The van der Waals surface area contributed by atoms with E-state index in [9.17, 15) is 4.79 Å². The van der Waals surface area contributed by atoms with Crippen LogP contribution in [0.3, 0.4) is 0 Å². The van der Waals surface area contributed by atoms with Gasteiger partial charge in [-0.15, -0.1) is 6.42 Å². The minimum Gasteiger partial charge on any atom is -0.416 e. The molecular weight excluding hydrogens is 412 g/mol. The predicted octanol–water partition coefficient (Wildman–Crippen LogP) is 4.88. The van der Waals surface area contributed by atoms with Crippen molar-refractivity contribution >= 4 is 14.1 Å². The fraction of sp³-hybridized carbons (Fsp3) is 0.875. The van der Waals surface area contributed by atoms with Crippen LogP contribution in [-0.4, -0.2) is 60.7 Å². The Hall–Kier alpha value is -0.753. The third-order valence-electron chi connectivity index (χ3n) is 6.43. The molecule has 0 spiro atoms. The van der Waals surface area contributed by atoms with E-state index >= 15 is 0 Å². The van der Waals surface area contributed by atoms with Gasteiger partial charge in [0.25, 0.3) is 0 Å². The molecule has 0 aliphatic carbocycles. The fourth-order valence-corrected chi connectivity index (χ4v) is 4.32. The Bertz CT molecular complexity index is 551. The maximum atomic E-state index is 12.0. The minimum absolute atomic E-state index is 0.0357. The van der Waals surface area contributed by atoms with Crippen LogP contribution in [0.15, 0.2) is 0 Å². The van der Waals surface area contributed by atoms with Crippen LogP contribution in [-0.2, 0) is 28.2 Å². The Kier molecular flexibility index (Phi) is 14.1. The highest BCUT2D eigenvalue weighted by molar-refractivity contribution is 6.74. The molecule has 0 amide bonds. The van der Waals surface area contributed by atoms with Crippen LogP contribution in [0, 0.1) is 30.1 Å². The number of carbonyl (C=O) groups is 1. The zero-order chi connectivity index (χ0) is 24.2. The van der Waals surface area contributed by atoms with Crippen molar-refractivity contribution in [1.82, 2.24) is 0 Å². The van der Waals surface area contributed by atoms with Gasteiger partial charge in [0.05, 0.1) is 18.1 Å². The van der Waals surface area contributed by atoms with E-state index in [4.69, 9.17) is 29.8 Å². The molecule has 5 atom stereocenters. The summed E-state index contributed by atoms with van der Waals surface area (Å²) in [6.45, 7) is 18.4. The van der Waals surface area contributed by atoms with E-state index in [1.165, 1.54) is 0 Å². The number of ketones is 1. The summed E-state index contributed by atoms with van der Waals surface area (Å²) in [6, 6.07) is 0. The Morgan fingerprint density at radius 1 is 0.968 bits per heavy atom. The van der Waals surface area contributed by atoms with Crippen LogP contribution in [0.4, 0.5) is 0 Å². The summed E-state index contributed by atoms with van der Waals surface area (Å²) < 4.78 is 28.5. The van der Waals surface area contributed by atoms with Crippen LogP contribution < -0.4 is 0 Å². The number of hydrogen-bond acceptors (Lipinski definition) is 6. The van der Waals surface area contributed by atoms with Crippen LogP contribution in [0.2, 0.25) is 18.1 Å². The summed E-state index contributed by atoms with van der Waals surface area (Å²) in [7, 11) is 1.35. The van der Waals surface area contributed by atoms with Crippen molar-refractivity contribution < 1.29 is 28.2 Å². The van der Waals surface area contributed by atoms with Gasteiger partial charge in [-0.3, -0.25) is 4.79 Å². The van der Waals surface area contributed by atoms with E-state index in [1.807, 2.05) is 6.92 Å². The van der Waals surface area contributed by atoms with Crippen LogP contribution >= 0.6 is 0 Å². The summed E-state index contributed by atoms with van der Waals surface area (Å²) in [5.74, 6) is 1.98. The first-order chi connectivity index (χ1) is 14.3. The molecule has 0 aliphatic heterocycles. The lowest BCUT2D eigenvalue weighted by molar-refractivity contribution is -0.132. The second kappa shape index (κ2) is 14.4. The molecule has 0 N–H and O–H groups in total. The van der Waals surface area contributed by atoms with Gasteiger partial charge in [0.15, 0.2) is 8.32 Å². The lowest BCUT2D eigenvalue weighted by Gasteiger charge is -2.38. The van der Waals surface area contributed by atoms with Gasteiger partial charge in [0.1, 0.15) is 13.6 Å². The molecule has 31 heavy (non-hydrogen) atoms. The average Bonchev–Trinajstić information content (AvgIpc) is 2.70. The van der Waals surface area contributed by atoms with Gasteiger partial charge in [-0.1, -0.05) is 41.5 Å². The van der Waals surface area contributed by atoms with E-state index in [0.717, 1.165) is 6.42 Å². The highest BCUT2D eigenvalue weighted by Gasteiger charge is 2.38. The lowest BCUT2D eigenvalue weighted by atomic mass is 9.87. The first-order valence-electron chi connectivity index (χ1n) is 11.2. The third kappa shape index (κ3) is 10.6. The van der Waals surface area contributed by atoms with Gasteiger partial charge in [0.2, 0.25) is 5.78 Å². The monoisotopic (exact) mass is 458 g/mol. The molecule has 0 fully saturated rings. The predicted molar refractivity (Wildman–Crippen MR) is 127 cm³/mol. The molecule has 0 heterocycles. The van der Waals surface area contributed by atoms with Crippen molar-refractivity contribution in [2.24, 2.45) is 17.8 Å². The molecule has 0 aliphatic rings. The van der Waals surface area contributed by atoms with Crippen LogP contribution in [0.5, 0.6) is 0 Å². The largest absolute Gasteiger partial charge is 0.416 e. The van der Waals surface area contributed by atoms with Gasteiger partial charge in [-0.25, -0.2) is 0 Å². The van der Waals surface area contributed by atoms with Crippen LogP contribution in [0.25, 0.3) is 0 Å². The Morgan fingerprint density at radius 2 is 1.52 bits per heavy atom. The molecule has 0 saturated carbocycles. The van der Waals surface area contributed by atoms with Gasteiger partial charge >= 0.3 is 0 Å². The number of ether oxygens (including phenoxy) is 4. The van der Waals surface area contributed by atoms with E-state index in [0.29, 0.717) is 13.0 Å². The zero-order valence-electron chi connectivity index (χ0n) is 21.4. The van der Waals surface area contributed by atoms with Gasteiger partial charge < -0.3 is 23.4 Å². The number of rotatable bonds is 16. The van der Waals surface area contributed by atoms with Gasteiger partial charge in [-0.2, -0.15) is 0 Å². The zero-order valence-corrected chi connectivity index (χ0v) is 22.4. The van der Waals surface area contributed by atoms with Crippen molar-refractivity contribution in [3.05, 3.63) is 0 Å². The molecule has 0 aromatic heterocycles. The summed E-state index contributed by atoms with van der Waals surface area (Å²) >= 11 is 0. The van der Waals surface area contributed by atoms with E-state index in [-0.39, 0.29) is 54.4 Å². The molecule has 6 nitrogen and oxygen atoms in total. The fourth-order valence-electron chi connectivity index (χ4n) is 3.21. The quantitative estimate of drug-likeness (QED) is 0.142. The van der Waals surface area contributed by atoms with Crippen molar-refractivity contribution in [2.45, 2.75) is 84.7 Å². The van der Waals surface area contributed by atoms with Crippen molar-refractivity contribution in [3.63, 3.8) is 0 Å².